The first-order valence-corrected chi connectivity index (χ1v) is 16.0. The van der Waals surface area contributed by atoms with Crippen LogP contribution in [0.25, 0.3) is 0 Å². The van der Waals surface area contributed by atoms with Crippen LogP contribution in [-0.2, 0) is 14.4 Å². The second-order valence-corrected chi connectivity index (χ2v) is 13.7. The number of aliphatic carboxylic acids is 2. The third-order valence-corrected chi connectivity index (χ3v) is 10.3. The molecule has 13 heteroatoms. The van der Waals surface area contributed by atoms with Crippen molar-refractivity contribution in [2.75, 3.05) is 0 Å². The molecule has 8 N–H and O–H groups in total. The number of hydrogen-bond acceptors (Lipinski definition) is 10. The van der Waals surface area contributed by atoms with E-state index in [9.17, 15) is 34.8 Å². The van der Waals surface area contributed by atoms with Gasteiger partial charge >= 0.3 is 11.9 Å². The van der Waals surface area contributed by atoms with E-state index < -0.39 is 24.0 Å². The van der Waals surface area contributed by atoms with E-state index in [0.29, 0.717) is 34.7 Å². The van der Waals surface area contributed by atoms with Gasteiger partial charge in [-0.05, 0) is 55.6 Å². The summed E-state index contributed by atoms with van der Waals surface area (Å²) < 4.78 is 0. The average Bonchev–Trinajstić information content (AvgIpc) is 3.20. The van der Waals surface area contributed by atoms with Gasteiger partial charge in [-0.25, -0.2) is 0 Å². The van der Waals surface area contributed by atoms with Gasteiger partial charge in [0.25, 0.3) is 0 Å². The number of amides is 1. The van der Waals surface area contributed by atoms with E-state index in [1.165, 1.54) is 0 Å². The van der Waals surface area contributed by atoms with Gasteiger partial charge < -0.3 is 36.4 Å². The fraction of sp³-hybridized carbons (Fsp3) is 0.485. The molecule has 1 amide bonds. The zero-order valence-corrected chi connectivity index (χ0v) is 27.5. The second kappa shape index (κ2) is 12.3. The highest BCUT2D eigenvalue weighted by atomic mass is 32.1. The molecule has 2 unspecified atom stereocenters. The zero-order valence-electron chi connectivity index (χ0n) is 26.6. The summed E-state index contributed by atoms with van der Waals surface area (Å²) in [6.07, 6.45) is 5.54. The third-order valence-electron chi connectivity index (χ3n) is 9.96. The van der Waals surface area contributed by atoms with Gasteiger partial charge in [-0.15, -0.1) is 0 Å². The summed E-state index contributed by atoms with van der Waals surface area (Å²) in [4.78, 5) is 35.9. The van der Waals surface area contributed by atoms with Crippen LogP contribution in [0.3, 0.4) is 0 Å². The highest BCUT2D eigenvalue weighted by Gasteiger charge is 2.62. The Morgan fingerprint density at radius 1 is 1.13 bits per heavy atom. The Morgan fingerprint density at radius 2 is 1.83 bits per heavy atom. The van der Waals surface area contributed by atoms with E-state index in [0.717, 1.165) is 16.7 Å². The lowest BCUT2D eigenvalue weighted by molar-refractivity contribution is -0.137. The monoisotopic (exact) mass is 653 g/mol. The number of aliphatic hydroxyl groups is 2. The molecule has 5 rings (SSSR count). The van der Waals surface area contributed by atoms with Gasteiger partial charge in [-0.1, -0.05) is 33.4 Å². The highest BCUT2D eigenvalue weighted by molar-refractivity contribution is 7.80. The number of hydrogen-bond donors (Lipinski definition) is 9. The van der Waals surface area contributed by atoms with Crippen LogP contribution in [0.15, 0.2) is 81.4 Å². The minimum Gasteiger partial charge on any atom is -0.511 e. The first-order chi connectivity index (χ1) is 21.6. The Labute approximate surface area is 273 Å². The largest absolute Gasteiger partial charge is 0.511 e. The molecule has 0 bridgehead atoms. The van der Waals surface area contributed by atoms with Crippen LogP contribution >= 0.6 is 12.6 Å². The smallest absolute Gasteiger partial charge is 0.311 e. The average molecular weight is 654 g/mol. The SMILES string of the molecule is C=CC1=C(O)N[C@H](CC2N/C(=C\[C@]34NN3C(/C=C3\NC(=O)[C@H](C)[C@H]3[C@@H](C)S)=C(C)C/4=C(\O)CC(=O)O)C(CCC(=O)O)=C2C)C1C. The molecule has 5 aliphatic rings. The molecule has 0 aliphatic carbocycles. The van der Waals surface area contributed by atoms with Gasteiger partial charge in [0.2, 0.25) is 5.91 Å². The number of rotatable bonds is 11. The predicted octanol–water partition coefficient (Wildman–Crippen LogP) is 3.65. The normalized spacial score (nSPS) is 33.8. The first kappa shape index (κ1) is 33.3. The van der Waals surface area contributed by atoms with Gasteiger partial charge in [-0.2, -0.15) is 18.1 Å². The van der Waals surface area contributed by atoms with Crippen LogP contribution in [0.4, 0.5) is 0 Å². The van der Waals surface area contributed by atoms with Crippen LogP contribution in [0, 0.1) is 17.8 Å². The third kappa shape index (κ3) is 5.70. The maximum Gasteiger partial charge on any atom is 0.311 e. The van der Waals surface area contributed by atoms with Crippen molar-refractivity contribution in [1.29, 1.82) is 0 Å². The molecule has 0 saturated carbocycles. The minimum atomic E-state index is -1.19. The number of thiol groups is 1. The molecule has 5 heterocycles. The summed E-state index contributed by atoms with van der Waals surface area (Å²) in [5, 5.41) is 52.0. The molecule has 2 saturated heterocycles. The van der Waals surface area contributed by atoms with Gasteiger partial charge in [0, 0.05) is 64.0 Å². The molecule has 5 aliphatic heterocycles. The number of fused-ring (bicyclic) bond motifs is 1. The number of carbonyl (C=O) groups is 3. The van der Waals surface area contributed by atoms with Crippen LogP contribution < -0.4 is 21.4 Å². The first-order valence-electron chi connectivity index (χ1n) is 15.5. The molecule has 12 nitrogen and oxygen atoms in total. The number of carboxylic acids is 2. The highest BCUT2D eigenvalue weighted by Crippen LogP contribution is 2.53. The van der Waals surface area contributed by atoms with Crippen molar-refractivity contribution in [3.63, 3.8) is 0 Å². The number of carbonyl (C=O) groups excluding carboxylic acids is 1. The van der Waals surface area contributed by atoms with Crippen molar-refractivity contribution in [3.05, 3.63) is 81.4 Å². The van der Waals surface area contributed by atoms with Crippen molar-refractivity contribution in [2.45, 2.75) is 83.3 Å². The van der Waals surface area contributed by atoms with Gasteiger partial charge in [0.1, 0.15) is 12.2 Å². The maximum atomic E-state index is 12.6. The van der Waals surface area contributed by atoms with Crippen molar-refractivity contribution < 1.29 is 34.8 Å². The fourth-order valence-corrected chi connectivity index (χ4v) is 7.86. The summed E-state index contributed by atoms with van der Waals surface area (Å²) in [5.74, 6) is -2.89. The van der Waals surface area contributed by atoms with E-state index in [-0.39, 0.29) is 65.5 Å². The van der Waals surface area contributed by atoms with Gasteiger partial charge in [-0.3, -0.25) is 19.4 Å². The van der Waals surface area contributed by atoms with Crippen LogP contribution in [0.5, 0.6) is 0 Å². The lowest BCUT2D eigenvalue weighted by atomic mass is 9.90. The van der Waals surface area contributed by atoms with Crippen LogP contribution in [0.2, 0.25) is 0 Å². The standard InChI is InChI=1S/C33H43N5O7S/c1-7-19-14(2)22(35-32(19)45)10-21-15(3)20(8-9-27(40)41)24(34-21)13-33-30(26(39)12-28(42)43)16(4)25(38(33)37-33)11-23-29(18(6)46)17(5)31(44)36-23/h7,11,13-14,17-18,21-22,29,34-35,37,39,45-46H,1,8-10,12H2,2-6H3,(H,36,44)(H,40,41)(H,42,43)/b23-11-,24-13-,30-26+/t14?,17-,18-,21?,22-,29+,33+,38?/m1/s1. The number of allylic oxidation sites excluding steroid dienone is 4. The van der Waals surface area contributed by atoms with Gasteiger partial charge in [0.15, 0.2) is 11.5 Å². The van der Waals surface area contributed by atoms with E-state index in [4.69, 9.17) is 0 Å². The van der Waals surface area contributed by atoms with E-state index >= 15 is 0 Å². The Kier molecular flexibility index (Phi) is 8.86. The molecular formula is C33H43N5O7S. The van der Waals surface area contributed by atoms with Gasteiger partial charge in [0.05, 0.1) is 5.70 Å². The molecule has 0 aromatic carbocycles. The molecule has 0 radical (unpaired) electrons. The lowest BCUT2D eigenvalue weighted by Crippen LogP contribution is -2.36. The molecule has 7 atom stereocenters. The molecular weight excluding hydrogens is 610 g/mol. The Morgan fingerprint density at radius 3 is 2.41 bits per heavy atom. The maximum absolute atomic E-state index is 12.6. The molecule has 0 spiro atoms. The van der Waals surface area contributed by atoms with Crippen LogP contribution in [-0.4, -0.2) is 66.3 Å². The van der Waals surface area contributed by atoms with Crippen molar-refractivity contribution >= 4 is 30.5 Å². The van der Waals surface area contributed by atoms with E-state index in [1.54, 1.807) is 13.0 Å². The number of nitrogens with zero attached hydrogens (tertiary/aromatic N) is 1. The van der Waals surface area contributed by atoms with Crippen molar-refractivity contribution in [3.8, 4) is 0 Å². The fourth-order valence-electron chi connectivity index (χ4n) is 7.44. The number of nitrogens with one attached hydrogen (secondary N) is 4. The number of aliphatic hydroxyl groups excluding tert-OH is 2. The summed E-state index contributed by atoms with van der Waals surface area (Å²) in [6.45, 7) is 13.4. The van der Waals surface area contributed by atoms with E-state index in [2.05, 4.69) is 40.6 Å². The lowest BCUT2D eigenvalue weighted by Gasteiger charge is -2.23. The summed E-state index contributed by atoms with van der Waals surface area (Å²) in [6, 6.07) is -0.274. The topological polar surface area (TPSA) is 193 Å². The number of carboxylic acid groups (broad SMARTS) is 2. The van der Waals surface area contributed by atoms with Crippen molar-refractivity contribution in [2.24, 2.45) is 17.8 Å². The Bertz CT molecular complexity index is 1590. The number of hydrazine groups is 1. The molecule has 2 fully saturated rings. The summed E-state index contributed by atoms with van der Waals surface area (Å²) in [7, 11) is 0. The molecule has 0 aromatic rings. The Balaban J connectivity index is 1.53. The quantitative estimate of drug-likeness (QED) is 0.0898. The second-order valence-electron chi connectivity index (χ2n) is 12.9. The van der Waals surface area contributed by atoms with Crippen LogP contribution in [0.1, 0.15) is 60.3 Å². The molecule has 248 valence electrons. The molecule has 0 aromatic heterocycles. The molecule has 46 heavy (non-hydrogen) atoms. The minimum absolute atomic E-state index is 0.00385. The zero-order chi connectivity index (χ0) is 33.8. The van der Waals surface area contributed by atoms with E-state index in [1.807, 2.05) is 44.9 Å². The summed E-state index contributed by atoms with van der Waals surface area (Å²) in [5.41, 5.74) is 7.81. The van der Waals surface area contributed by atoms with Crippen molar-refractivity contribution in [1.82, 2.24) is 26.4 Å². The summed E-state index contributed by atoms with van der Waals surface area (Å²) >= 11 is 4.63. The Hall–Kier alpha value is -4.10. The predicted molar refractivity (Wildman–Crippen MR) is 175 cm³/mol.